The molecule has 192 valence electrons. The Kier molecular flexibility index (Phi) is 7.53. The van der Waals surface area contributed by atoms with Crippen molar-refractivity contribution in [1.82, 2.24) is 15.1 Å². The fourth-order valence-electron chi connectivity index (χ4n) is 5.49. The maximum atomic E-state index is 14.3. The molecule has 3 aromatic rings. The molecule has 2 aliphatic heterocycles. The molecule has 2 amide bonds. The van der Waals surface area contributed by atoms with Crippen LogP contribution < -0.4 is 5.32 Å². The third-order valence-electron chi connectivity index (χ3n) is 7.35. The summed E-state index contributed by atoms with van der Waals surface area (Å²) in [6, 6.07) is 19.5. The Morgan fingerprint density at radius 1 is 0.919 bits per heavy atom. The minimum atomic E-state index is -0.594. The predicted octanol–water partition coefficient (Wildman–Crippen LogP) is 5.18. The van der Waals surface area contributed by atoms with Gasteiger partial charge in [0.15, 0.2) is 0 Å². The molecular weight excluding hydrogens is 496 g/mol. The average molecular weight is 524 g/mol. The number of hydrogen-bond donors (Lipinski definition) is 1. The summed E-state index contributed by atoms with van der Waals surface area (Å²) in [5.41, 5.74) is 1.22. The number of nitrogens with zero attached hydrogens (tertiary/aromatic N) is 2. The van der Waals surface area contributed by atoms with Crippen LogP contribution in [0.2, 0.25) is 5.02 Å². The van der Waals surface area contributed by atoms with Crippen LogP contribution in [0.25, 0.3) is 0 Å². The molecular formula is C29H28ClF2N3O2. The molecule has 2 fully saturated rings. The molecule has 2 unspecified atom stereocenters. The normalized spacial score (nSPS) is 20.0. The molecule has 3 aromatic carbocycles. The van der Waals surface area contributed by atoms with Crippen molar-refractivity contribution < 1.29 is 18.4 Å². The first kappa shape index (κ1) is 25.4. The maximum absolute atomic E-state index is 14.3. The van der Waals surface area contributed by atoms with Crippen LogP contribution in [0.4, 0.5) is 8.78 Å². The predicted molar refractivity (Wildman–Crippen MR) is 138 cm³/mol. The molecule has 37 heavy (non-hydrogen) atoms. The van der Waals surface area contributed by atoms with Crippen LogP contribution in [0.15, 0.2) is 72.8 Å². The molecule has 2 saturated heterocycles. The van der Waals surface area contributed by atoms with Crippen molar-refractivity contribution in [3.05, 3.63) is 106 Å². The monoisotopic (exact) mass is 523 g/mol. The number of halogens is 3. The number of hydrogen-bond acceptors (Lipinski definition) is 3. The van der Waals surface area contributed by atoms with E-state index in [2.05, 4.69) is 10.2 Å². The second kappa shape index (κ2) is 11.0. The van der Waals surface area contributed by atoms with Crippen LogP contribution in [0.5, 0.6) is 0 Å². The summed E-state index contributed by atoms with van der Waals surface area (Å²) in [6.07, 6.45) is 0.692. The van der Waals surface area contributed by atoms with Gasteiger partial charge in [0.05, 0.1) is 16.6 Å². The van der Waals surface area contributed by atoms with Gasteiger partial charge in [0.2, 0.25) is 0 Å². The number of carbonyl (C=O) groups is 2. The smallest absolute Gasteiger partial charge is 0.258 e. The van der Waals surface area contributed by atoms with Gasteiger partial charge in [-0.05, 0) is 54.2 Å². The van der Waals surface area contributed by atoms with Gasteiger partial charge in [-0.15, -0.1) is 0 Å². The molecule has 3 atom stereocenters. The van der Waals surface area contributed by atoms with Gasteiger partial charge < -0.3 is 15.1 Å². The van der Waals surface area contributed by atoms with Crippen LogP contribution >= 0.6 is 11.6 Å². The number of rotatable bonds is 7. The third kappa shape index (κ3) is 5.68. The highest BCUT2D eigenvalue weighted by Crippen LogP contribution is 2.33. The lowest BCUT2D eigenvalue weighted by atomic mass is 10.0. The largest absolute Gasteiger partial charge is 0.345 e. The van der Waals surface area contributed by atoms with E-state index in [0.717, 1.165) is 25.2 Å². The zero-order chi connectivity index (χ0) is 25.9. The number of benzene rings is 3. The molecule has 0 bridgehead atoms. The number of carbonyl (C=O) groups excluding carboxylic acids is 2. The van der Waals surface area contributed by atoms with Gasteiger partial charge in [-0.3, -0.25) is 9.59 Å². The van der Waals surface area contributed by atoms with Gasteiger partial charge in [0, 0.05) is 38.3 Å². The van der Waals surface area contributed by atoms with Gasteiger partial charge in [0.1, 0.15) is 11.6 Å². The van der Waals surface area contributed by atoms with Crippen molar-refractivity contribution in [2.75, 3.05) is 32.7 Å². The SMILES string of the molecule is O=C(NC(CCN1CC2CN(C(=O)c3c(F)cccc3Cl)C[C@@H]2C1)c1ccccc1)c1cccc(F)c1. The maximum Gasteiger partial charge on any atom is 0.258 e. The van der Waals surface area contributed by atoms with Crippen molar-refractivity contribution in [2.45, 2.75) is 12.5 Å². The molecule has 0 spiro atoms. The lowest BCUT2D eigenvalue weighted by Crippen LogP contribution is -2.35. The quantitative estimate of drug-likeness (QED) is 0.464. The second-order valence-corrected chi connectivity index (χ2v) is 10.2. The van der Waals surface area contributed by atoms with Crippen molar-refractivity contribution in [2.24, 2.45) is 11.8 Å². The molecule has 0 aliphatic carbocycles. The molecule has 2 heterocycles. The Morgan fingerprint density at radius 3 is 2.30 bits per heavy atom. The van der Waals surface area contributed by atoms with E-state index in [0.29, 0.717) is 31.3 Å². The van der Waals surface area contributed by atoms with Crippen LogP contribution in [-0.2, 0) is 0 Å². The Hall–Kier alpha value is -3.29. The summed E-state index contributed by atoms with van der Waals surface area (Å²) >= 11 is 6.11. The Bertz CT molecular complexity index is 1250. The average Bonchev–Trinajstić information content (AvgIpc) is 3.46. The number of amides is 2. The van der Waals surface area contributed by atoms with E-state index < -0.39 is 11.6 Å². The fraction of sp³-hybridized carbons (Fsp3) is 0.310. The van der Waals surface area contributed by atoms with E-state index in [9.17, 15) is 18.4 Å². The van der Waals surface area contributed by atoms with E-state index in [4.69, 9.17) is 11.6 Å². The Morgan fingerprint density at radius 2 is 1.62 bits per heavy atom. The van der Waals surface area contributed by atoms with E-state index in [1.54, 1.807) is 11.0 Å². The Labute approximate surface area is 220 Å². The topological polar surface area (TPSA) is 52.7 Å². The van der Waals surface area contributed by atoms with E-state index in [1.807, 2.05) is 30.3 Å². The zero-order valence-corrected chi connectivity index (χ0v) is 21.0. The molecule has 5 rings (SSSR count). The molecule has 0 aromatic heterocycles. The summed E-state index contributed by atoms with van der Waals surface area (Å²) in [5, 5.41) is 3.20. The molecule has 8 heteroatoms. The zero-order valence-electron chi connectivity index (χ0n) is 20.2. The summed E-state index contributed by atoms with van der Waals surface area (Å²) in [5.74, 6) is -1.08. The molecule has 2 aliphatic rings. The van der Waals surface area contributed by atoms with Gasteiger partial charge in [-0.25, -0.2) is 8.78 Å². The first-order valence-electron chi connectivity index (χ1n) is 12.5. The van der Waals surface area contributed by atoms with E-state index in [1.165, 1.54) is 36.4 Å². The van der Waals surface area contributed by atoms with Crippen molar-refractivity contribution >= 4 is 23.4 Å². The first-order valence-corrected chi connectivity index (χ1v) is 12.8. The minimum absolute atomic E-state index is 0.0549. The number of nitrogens with one attached hydrogen (secondary N) is 1. The number of likely N-dealkylation sites (tertiary alicyclic amines) is 2. The van der Waals surface area contributed by atoms with E-state index in [-0.39, 0.29) is 34.0 Å². The van der Waals surface area contributed by atoms with Gasteiger partial charge in [-0.2, -0.15) is 0 Å². The lowest BCUT2D eigenvalue weighted by Gasteiger charge is -2.25. The second-order valence-electron chi connectivity index (χ2n) is 9.82. The highest BCUT2D eigenvalue weighted by molar-refractivity contribution is 6.33. The summed E-state index contributed by atoms with van der Waals surface area (Å²) in [6.45, 7) is 3.58. The van der Waals surface area contributed by atoms with Crippen LogP contribution in [0, 0.1) is 23.5 Å². The summed E-state index contributed by atoms with van der Waals surface area (Å²) in [7, 11) is 0. The molecule has 1 N–H and O–H groups in total. The lowest BCUT2D eigenvalue weighted by molar-refractivity contribution is 0.0769. The molecule has 0 radical (unpaired) electrons. The summed E-state index contributed by atoms with van der Waals surface area (Å²) in [4.78, 5) is 29.8. The van der Waals surface area contributed by atoms with Crippen molar-refractivity contribution in [3.63, 3.8) is 0 Å². The molecule has 5 nitrogen and oxygen atoms in total. The minimum Gasteiger partial charge on any atom is -0.345 e. The van der Waals surface area contributed by atoms with Crippen LogP contribution in [0.3, 0.4) is 0 Å². The van der Waals surface area contributed by atoms with Gasteiger partial charge >= 0.3 is 0 Å². The van der Waals surface area contributed by atoms with Gasteiger partial charge in [0.25, 0.3) is 11.8 Å². The molecule has 0 saturated carbocycles. The Balaban J connectivity index is 1.19. The highest BCUT2D eigenvalue weighted by atomic mass is 35.5. The summed E-state index contributed by atoms with van der Waals surface area (Å²) < 4.78 is 27.9. The standard InChI is InChI=1S/C29H28ClF2N3O2/c30-24-10-5-11-25(32)27(24)29(37)35-17-21-15-34(16-22(21)18-35)13-12-26(19-6-2-1-3-7-19)33-28(36)20-8-4-9-23(31)14-20/h1-11,14,21-22,26H,12-13,15-18H2,(H,33,36)/t21-,22?,26?/m0/s1. The van der Waals surface area contributed by atoms with Crippen molar-refractivity contribution in [1.29, 1.82) is 0 Å². The fourth-order valence-corrected chi connectivity index (χ4v) is 5.73. The van der Waals surface area contributed by atoms with E-state index >= 15 is 0 Å². The third-order valence-corrected chi connectivity index (χ3v) is 7.67. The van der Waals surface area contributed by atoms with Crippen LogP contribution in [0.1, 0.15) is 38.7 Å². The highest BCUT2D eigenvalue weighted by Gasteiger charge is 2.42. The van der Waals surface area contributed by atoms with Crippen LogP contribution in [-0.4, -0.2) is 54.3 Å². The van der Waals surface area contributed by atoms with Crippen molar-refractivity contribution in [3.8, 4) is 0 Å². The van der Waals surface area contributed by atoms with Gasteiger partial charge in [-0.1, -0.05) is 54.1 Å². The first-order chi connectivity index (χ1) is 17.9. The number of fused-ring (bicyclic) bond motifs is 1.